The molecule has 2 aliphatic rings. The minimum absolute atomic E-state index is 0.146. The summed E-state index contributed by atoms with van der Waals surface area (Å²) in [6.45, 7) is 6.40. The maximum absolute atomic E-state index is 12.2. The number of likely N-dealkylation sites (tertiary alicyclic amines) is 1. The van der Waals surface area contributed by atoms with E-state index < -0.39 is 0 Å². The number of carbonyl (C=O) groups is 1. The molecule has 2 heterocycles. The van der Waals surface area contributed by atoms with Gasteiger partial charge in [0, 0.05) is 25.0 Å². The summed E-state index contributed by atoms with van der Waals surface area (Å²) in [5.74, 6) is 0.696. The lowest BCUT2D eigenvalue weighted by Crippen LogP contribution is -2.39. The van der Waals surface area contributed by atoms with Gasteiger partial charge in [-0.05, 0) is 33.2 Å². The van der Waals surface area contributed by atoms with Crippen molar-refractivity contribution in [3.63, 3.8) is 0 Å². The summed E-state index contributed by atoms with van der Waals surface area (Å²) in [6, 6.07) is 0.304. The Kier molecular flexibility index (Phi) is 3.50. The zero-order valence-corrected chi connectivity index (χ0v) is 10.1. The molecule has 0 saturated carbocycles. The molecule has 4 unspecified atom stereocenters. The van der Waals surface area contributed by atoms with Gasteiger partial charge in [0.05, 0.1) is 12.0 Å². The summed E-state index contributed by atoms with van der Waals surface area (Å²) in [7, 11) is 0. The van der Waals surface area contributed by atoms with Crippen molar-refractivity contribution in [3.05, 3.63) is 0 Å². The molecule has 2 rings (SSSR count). The van der Waals surface area contributed by atoms with E-state index in [0.29, 0.717) is 6.04 Å². The Morgan fingerprint density at radius 2 is 2.25 bits per heavy atom. The molecular weight excluding hydrogens is 204 g/mol. The summed E-state index contributed by atoms with van der Waals surface area (Å²) in [5.41, 5.74) is 0. The van der Waals surface area contributed by atoms with E-state index in [4.69, 9.17) is 0 Å². The lowest BCUT2D eigenvalue weighted by molar-refractivity contribution is -0.134. The first-order chi connectivity index (χ1) is 7.59. The van der Waals surface area contributed by atoms with Crippen LogP contribution in [-0.4, -0.2) is 47.7 Å². The summed E-state index contributed by atoms with van der Waals surface area (Å²) < 4.78 is 0. The molecule has 1 amide bonds. The maximum atomic E-state index is 12.2. The van der Waals surface area contributed by atoms with Gasteiger partial charge in [-0.15, -0.1) is 0 Å². The first-order valence-corrected chi connectivity index (χ1v) is 6.30. The van der Waals surface area contributed by atoms with Crippen LogP contribution in [0.25, 0.3) is 0 Å². The van der Waals surface area contributed by atoms with Gasteiger partial charge in [0.2, 0.25) is 5.91 Å². The van der Waals surface area contributed by atoms with Crippen molar-refractivity contribution in [2.24, 2.45) is 11.8 Å². The number of carbonyl (C=O) groups excluding carboxylic acids is 1. The fraction of sp³-hybridized carbons (Fsp3) is 0.917. The van der Waals surface area contributed by atoms with Crippen LogP contribution in [0.5, 0.6) is 0 Å². The van der Waals surface area contributed by atoms with Crippen molar-refractivity contribution < 1.29 is 9.90 Å². The molecule has 0 aromatic rings. The minimum Gasteiger partial charge on any atom is -0.393 e. The Bertz CT molecular complexity index is 268. The lowest BCUT2D eigenvalue weighted by atomic mass is 10.0. The summed E-state index contributed by atoms with van der Waals surface area (Å²) in [4.78, 5) is 14.2. The van der Waals surface area contributed by atoms with Gasteiger partial charge in [-0.25, -0.2) is 0 Å². The van der Waals surface area contributed by atoms with Crippen molar-refractivity contribution in [1.29, 1.82) is 0 Å². The van der Waals surface area contributed by atoms with E-state index in [0.717, 1.165) is 32.5 Å². The van der Waals surface area contributed by atoms with Crippen molar-refractivity contribution in [1.82, 2.24) is 10.2 Å². The standard InChI is InChI=1S/C12H22N2O2/c1-8-11(3-5-13-8)12(16)14-6-4-10(7-14)9(2)15/h8-11,13,15H,3-7H2,1-2H3. The Labute approximate surface area is 97.0 Å². The van der Waals surface area contributed by atoms with Gasteiger partial charge >= 0.3 is 0 Å². The predicted molar refractivity (Wildman–Crippen MR) is 61.9 cm³/mol. The van der Waals surface area contributed by atoms with E-state index in [1.54, 1.807) is 0 Å². The molecule has 2 aliphatic heterocycles. The molecule has 92 valence electrons. The van der Waals surface area contributed by atoms with Crippen LogP contribution >= 0.6 is 0 Å². The van der Waals surface area contributed by atoms with Crippen LogP contribution in [0, 0.1) is 11.8 Å². The largest absolute Gasteiger partial charge is 0.393 e. The number of aliphatic hydroxyl groups is 1. The number of nitrogens with one attached hydrogen (secondary N) is 1. The van der Waals surface area contributed by atoms with E-state index in [1.165, 1.54) is 0 Å². The fourth-order valence-corrected chi connectivity index (χ4v) is 2.81. The Balaban J connectivity index is 1.91. The van der Waals surface area contributed by atoms with Crippen LogP contribution in [0.3, 0.4) is 0 Å². The molecule has 4 atom stereocenters. The normalized spacial score (nSPS) is 36.7. The first kappa shape index (κ1) is 11.9. The number of amides is 1. The fourth-order valence-electron chi connectivity index (χ4n) is 2.81. The maximum Gasteiger partial charge on any atom is 0.227 e. The van der Waals surface area contributed by atoms with Crippen LogP contribution < -0.4 is 5.32 Å². The number of nitrogens with zero attached hydrogens (tertiary/aromatic N) is 1. The van der Waals surface area contributed by atoms with Gasteiger partial charge in [-0.1, -0.05) is 0 Å². The zero-order valence-electron chi connectivity index (χ0n) is 10.1. The minimum atomic E-state index is -0.295. The van der Waals surface area contributed by atoms with Crippen molar-refractivity contribution in [3.8, 4) is 0 Å². The highest BCUT2D eigenvalue weighted by atomic mass is 16.3. The molecule has 2 saturated heterocycles. The smallest absolute Gasteiger partial charge is 0.227 e. The average molecular weight is 226 g/mol. The third kappa shape index (κ3) is 2.23. The molecule has 0 radical (unpaired) electrons. The van der Waals surface area contributed by atoms with Crippen LogP contribution in [0.4, 0.5) is 0 Å². The summed E-state index contributed by atoms with van der Waals surface area (Å²) in [6.07, 6.45) is 1.60. The van der Waals surface area contributed by atoms with Gasteiger partial charge in [0.25, 0.3) is 0 Å². The Morgan fingerprint density at radius 3 is 2.75 bits per heavy atom. The molecule has 4 nitrogen and oxygen atoms in total. The molecule has 0 aliphatic carbocycles. The van der Waals surface area contributed by atoms with E-state index >= 15 is 0 Å². The third-order valence-corrected chi connectivity index (χ3v) is 4.06. The van der Waals surface area contributed by atoms with Crippen LogP contribution in [-0.2, 0) is 4.79 Å². The lowest BCUT2D eigenvalue weighted by Gasteiger charge is -2.23. The Morgan fingerprint density at radius 1 is 1.50 bits per heavy atom. The van der Waals surface area contributed by atoms with Crippen LogP contribution in [0.15, 0.2) is 0 Å². The van der Waals surface area contributed by atoms with Crippen molar-refractivity contribution >= 4 is 5.91 Å². The average Bonchev–Trinajstić information content (AvgIpc) is 2.84. The van der Waals surface area contributed by atoms with E-state index in [9.17, 15) is 9.90 Å². The van der Waals surface area contributed by atoms with Gasteiger partial charge < -0.3 is 15.3 Å². The highest BCUT2D eigenvalue weighted by Crippen LogP contribution is 2.24. The quantitative estimate of drug-likeness (QED) is 0.708. The first-order valence-electron chi connectivity index (χ1n) is 6.30. The summed E-state index contributed by atoms with van der Waals surface area (Å²) in [5, 5.41) is 12.8. The SMILES string of the molecule is CC(O)C1CCN(C(=O)C2CCNC2C)C1. The molecule has 0 spiro atoms. The number of hydrogen-bond acceptors (Lipinski definition) is 3. The molecule has 2 fully saturated rings. The van der Waals surface area contributed by atoms with Gasteiger partial charge in [0.15, 0.2) is 0 Å². The van der Waals surface area contributed by atoms with Gasteiger partial charge in [0.1, 0.15) is 0 Å². The number of rotatable bonds is 2. The molecular formula is C12H22N2O2. The highest BCUT2D eigenvalue weighted by molar-refractivity contribution is 5.80. The number of hydrogen-bond donors (Lipinski definition) is 2. The molecule has 0 bridgehead atoms. The zero-order chi connectivity index (χ0) is 11.7. The van der Waals surface area contributed by atoms with Crippen molar-refractivity contribution in [2.45, 2.75) is 38.8 Å². The molecule has 4 heteroatoms. The number of aliphatic hydroxyl groups excluding tert-OH is 1. The van der Waals surface area contributed by atoms with E-state index in [1.807, 2.05) is 11.8 Å². The van der Waals surface area contributed by atoms with Gasteiger partial charge in [-0.3, -0.25) is 4.79 Å². The highest BCUT2D eigenvalue weighted by Gasteiger charge is 2.36. The van der Waals surface area contributed by atoms with Crippen LogP contribution in [0.2, 0.25) is 0 Å². The third-order valence-electron chi connectivity index (χ3n) is 4.06. The second-order valence-corrected chi connectivity index (χ2v) is 5.21. The van der Waals surface area contributed by atoms with Crippen molar-refractivity contribution in [2.75, 3.05) is 19.6 Å². The molecule has 2 N–H and O–H groups in total. The van der Waals surface area contributed by atoms with Gasteiger partial charge in [-0.2, -0.15) is 0 Å². The van der Waals surface area contributed by atoms with Crippen LogP contribution in [0.1, 0.15) is 26.7 Å². The molecule has 0 aromatic heterocycles. The Hall–Kier alpha value is -0.610. The molecule has 16 heavy (non-hydrogen) atoms. The topological polar surface area (TPSA) is 52.6 Å². The van der Waals surface area contributed by atoms with E-state index in [-0.39, 0.29) is 23.8 Å². The summed E-state index contributed by atoms with van der Waals surface area (Å²) >= 11 is 0. The molecule has 0 aromatic carbocycles. The second kappa shape index (κ2) is 4.72. The predicted octanol–water partition coefficient (Wildman–Crippen LogP) is 0.214. The second-order valence-electron chi connectivity index (χ2n) is 5.21. The monoisotopic (exact) mass is 226 g/mol. The van der Waals surface area contributed by atoms with E-state index in [2.05, 4.69) is 12.2 Å².